The van der Waals surface area contributed by atoms with Crippen molar-refractivity contribution < 1.29 is 18.8 Å². The van der Waals surface area contributed by atoms with Gasteiger partial charge in [-0.25, -0.2) is 14.5 Å². The number of fused-ring (bicyclic) bond motifs is 1. The molecule has 8 rings (SSSR count). The molecule has 0 saturated carbocycles. The maximum atomic E-state index is 15.0. The first-order chi connectivity index (χ1) is 34.0. The van der Waals surface area contributed by atoms with E-state index in [0.717, 1.165) is 93.2 Å². The molecule has 0 unspecified atom stereocenters. The van der Waals surface area contributed by atoms with Crippen molar-refractivity contribution in [3.05, 3.63) is 134 Å². The fourth-order valence-corrected chi connectivity index (χ4v) is 9.19. The van der Waals surface area contributed by atoms with Crippen LogP contribution in [0.5, 0.6) is 0 Å². The Labute approximate surface area is 413 Å². The molecule has 5 N–H and O–H groups in total. The van der Waals surface area contributed by atoms with Gasteiger partial charge in [0.25, 0.3) is 17.4 Å². The van der Waals surface area contributed by atoms with Crippen LogP contribution in [-0.4, -0.2) is 136 Å². The number of aryl methyl sites for hydroxylation is 1. The van der Waals surface area contributed by atoms with Crippen molar-refractivity contribution in [1.29, 1.82) is 0 Å². The Bertz CT molecular complexity index is 2590. The minimum absolute atomic E-state index is 0.00384. The van der Waals surface area contributed by atoms with Gasteiger partial charge in [0.2, 0.25) is 5.91 Å². The van der Waals surface area contributed by atoms with Gasteiger partial charge in [-0.05, 0) is 92.5 Å². The molecule has 70 heavy (non-hydrogen) atoms. The van der Waals surface area contributed by atoms with Crippen molar-refractivity contribution >= 4 is 35.6 Å². The van der Waals surface area contributed by atoms with Crippen LogP contribution in [0.1, 0.15) is 104 Å². The summed E-state index contributed by atoms with van der Waals surface area (Å²) < 4.78 is 15.0. The minimum atomic E-state index is -0.590. The zero-order valence-electron chi connectivity index (χ0n) is 42.1. The first kappa shape index (κ1) is 54.5. The van der Waals surface area contributed by atoms with Gasteiger partial charge < -0.3 is 31.1 Å². The summed E-state index contributed by atoms with van der Waals surface area (Å²) in [6.07, 6.45) is 17.0. The Morgan fingerprint density at radius 1 is 0.814 bits per heavy atom. The summed E-state index contributed by atoms with van der Waals surface area (Å²) in [5.41, 5.74) is 16.1. The number of anilines is 1. The Morgan fingerprint density at radius 3 is 2.09 bits per heavy atom. The number of allylic oxidation sites excluding steroid dienone is 2. The number of nitrogens with two attached hydrogens (primary N) is 2. The quantitative estimate of drug-likeness (QED) is 0.160. The van der Waals surface area contributed by atoms with E-state index in [9.17, 15) is 19.2 Å². The lowest BCUT2D eigenvalue weighted by molar-refractivity contribution is -0.134. The van der Waals surface area contributed by atoms with E-state index in [-0.39, 0.29) is 22.9 Å². The van der Waals surface area contributed by atoms with Crippen molar-refractivity contribution in [2.75, 3.05) is 84.3 Å². The molecule has 3 saturated heterocycles. The monoisotopic (exact) mass is 959 g/mol. The van der Waals surface area contributed by atoms with Crippen molar-refractivity contribution in [3.63, 3.8) is 0 Å². The van der Waals surface area contributed by atoms with Crippen LogP contribution in [0.4, 0.5) is 10.1 Å². The van der Waals surface area contributed by atoms with Crippen LogP contribution < -0.4 is 27.5 Å². The smallest absolute Gasteiger partial charge is 0.274 e. The Hall–Kier alpha value is -6.45. The molecule has 3 aliphatic heterocycles. The van der Waals surface area contributed by atoms with E-state index < -0.39 is 11.7 Å². The standard InChI is InChI=1S/C46H54FN9O4.C5H10.C2H5N.C2H6/c1-2-31-6-5-7-34(24-31)35-27-40(48)43(49-28-35)46(60)55-14-12-32(13-15-55)29-52-16-18-53(19-17-52)30-42(57)54-20-22-56(23-21-54)45(59)38-25-33(10-11-39(38)47)26-41-36-8-3-4-9-37(36)44(58)51-50-41;1-3-5-4-2;1-2-3;1-2/h5-11,24-25,27-28,32H,2-4,12-23,26,29-30,48H2,1H3,(H,51,58);3,5H,4H2,1-2H3;2H,1,3H2;1-2H3/b;5-3-;;. The summed E-state index contributed by atoms with van der Waals surface area (Å²) in [4.78, 5) is 67.0. The second-order valence-corrected chi connectivity index (χ2v) is 17.7. The Balaban J connectivity index is 0.000000839. The number of amides is 3. The SMILES string of the molecule is C/C=C\CC.C=CN.CC.CCc1cccc(-c2cnc(C(=O)N3CCC(CN4CCN(CC(=O)N5CCN(C(=O)c6cc(Cc7n[nH]c(=O)c8c7=CCCC=8)ccc6F)CC5)CC4)CC3)c(N)c2)c1. The Morgan fingerprint density at radius 2 is 1.46 bits per heavy atom. The number of nitrogen functional groups attached to an aromatic ring is 1. The lowest BCUT2D eigenvalue weighted by Crippen LogP contribution is -2.55. The fraction of sp³-hybridized carbons (Fsp3) is 0.455. The summed E-state index contributed by atoms with van der Waals surface area (Å²) >= 11 is 0. The van der Waals surface area contributed by atoms with Gasteiger partial charge in [0, 0.05) is 101 Å². The van der Waals surface area contributed by atoms with E-state index in [1.54, 1.807) is 28.1 Å². The van der Waals surface area contributed by atoms with Crippen LogP contribution in [0, 0.1) is 11.7 Å². The maximum Gasteiger partial charge on any atom is 0.274 e. The molecule has 3 amide bonds. The molecule has 0 spiro atoms. The number of carbonyl (C=O) groups excluding carboxylic acids is 3. The van der Waals surface area contributed by atoms with Gasteiger partial charge in [-0.1, -0.05) is 88.9 Å². The van der Waals surface area contributed by atoms with Crippen molar-refractivity contribution in [2.45, 2.75) is 79.6 Å². The molecule has 3 fully saturated rings. The summed E-state index contributed by atoms with van der Waals surface area (Å²) in [6.45, 7) is 20.9. The highest BCUT2D eigenvalue weighted by Crippen LogP contribution is 2.26. The number of hydrogen-bond donors (Lipinski definition) is 3. The normalized spacial score (nSPS) is 16.2. The van der Waals surface area contributed by atoms with Crippen LogP contribution in [0.2, 0.25) is 0 Å². The van der Waals surface area contributed by atoms with Crippen LogP contribution in [-0.2, 0) is 17.6 Å². The topological polar surface area (TPSA) is 178 Å². The van der Waals surface area contributed by atoms with E-state index in [1.165, 1.54) is 17.8 Å². The van der Waals surface area contributed by atoms with Crippen LogP contribution in [0.15, 0.2) is 84.5 Å². The van der Waals surface area contributed by atoms with Gasteiger partial charge in [0.1, 0.15) is 5.82 Å². The molecular formula is C55H75FN10O4. The molecule has 0 atom stereocenters. The molecule has 4 aromatic rings. The number of likely N-dealkylation sites (tertiary alicyclic amines) is 1. The fourth-order valence-electron chi connectivity index (χ4n) is 9.19. The number of hydrogen-bond acceptors (Lipinski definition) is 10. The molecule has 1 aliphatic carbocycles. The predicted molar refractivity (Wildman–Crippen MR) is 280 cm³/mol. The highest BCUT2D eigenvalue weighted by Gasteiger charge is 2.31. The summed E-state index contributed by atoms with van der Waals surface area (Å²) in [7, 11) is 0. The van der Waals surface area contributed by atoms with Gasteiger partial charge in [-0.2, -0.15) is 5.10 Å². The minimum Gasteiger partial charge on any atom is -0.405 e. The molecule has 5 heterocycles. The van der Waals surface area contributed by atoms with E-state index in [0.29, 0.717) is 80.4 Å². The molecule has 0 bridgehead atoms. The first-order valence-electron chi connectivity index (χ1n) is 25.1. The number of benzene rings is 2. The van der Waals surface area contributed by atoms with E-state index in [2.05, 4.69) is 75.4 Å². The second kappa shape index (κ2) is 27.7. The van der Waals surface area contributed by atoms with Crippen LogP contribution >= 0.6 is 0 Å². The van der Waals surface area contributed by atoms with Gasteiger partial charge in [0.05, 0.1) is 23.5 Å². The third-order valence-corrected chi connectivity index (χ3v) is 13.1. The van der Waals surface area contributed by atoms with Gasteiger partial charge in [-0.3, -0.25) is 24.1 Å². The number of rotatable bonds is 11. The molecular weight excluding hydrogens is 884 g/mol. The van der Waals surface area contributed by atoms with Gasteiger partial charge >= 0.3 is 0 Å². The molecule has 2 aromatic carbocycles. The summed E-state index contributed by atoms with van der Waals surface area (Å²) in [6, 6.07) is 14.7. The number of carbonyl (C=O) groups is 3. The predicted octanol–water partition coefficient (Wildman–Crippen LogP) is 5.60. The number of aromatic amines is 1. The number of piperidine rings is 1. The number of piperazine rings is 2. The lowest BCUT2D eigenvalue weighted by Gasteiger charge is -2.40. The maximum absolute atomic E-state index is 15.0. The van der Waals surface area contributed by atoms with E-state index in [4.69, 9.17) is 5.73 Å². The molecule has 2 aromatic heterocycles. The van der Waals surface area contributed by atoms with Crippen molar-refractivity contribution in [1.82, 2.24) is 39.7 Å². The van der Waals surface area contributed by atoms with E-state index in [1.807, 2.05) is 56.0 Å². The number of pyridine rings is 1. The summed E-state index contributed by atoms with van der Waals surface area (Å²) in [5.74, 6) is -0.563. The average Bonchev–Trinajstić information content (AvgIpc) is 3.39. The first-order valence-corrected chi connectivity index (χ1v) is 25.1. The largest absolute Gasteiger partial charge is 0.405 e. The molecule has 4 aliphatic rings. The molecule has 14 nitrogen and oxygen atoms in total. The molecule has 15 heteroatoms. The molecule has 0 radical (unpaired) electrons. The van der Waals surface area contributed by atoms with Crippen molar-refractivity contribution in [2.24, 2.45) is 11.7 Å². The summed E-state index contributed by atoms with van der Waals surface area (Å²) in [5, 5.41) is 8.22. The Kier molecular flexibility index (Phi) is 21.5. The zero-order chi connectivity index (χ0) is 50.6. The average molecular weight is 959 g/mol. The number of H-pyrrole nitrogens is 1. The highest BCUT2D eigenvalue weighted by molar-refractivity contribution is 5.98. The van der Waals surface area contributed by atoms with Crippen LogP contribution in [0.3, 0.4) is 0 Å². The number of halogens is 1. The van der Waals surface area contributed by atoms with E-state index >= 15 is 4.39 Å². The number of nitrogens with one attached hydrogen (secondary N) is 1. The number of aromatic nitrogens is 3. The van der Waals surface area contributed by atoms with Gasteiger partial charge in [0.15, 0.2) is 5.69 Å². The molecule has 376 valence electrons. The zero-order valence-corrected chi connectivity index (χ0v) is 42.1. The highest BCUT2D eigenvalue weighted by atomic mass is 19.1. The second-order valence-electron chi connectivity index (χ2n) is 17.7. The third kappa shape index (κ3) is 14.8. The lowest BCUT2D eigenvalue weighted by atomic mass is 9.95. The third-order valence-electron chi connectivity index (χ3n) is 13.1. The van der Waals surface area contributed by atoms with Crippen LogP contribution in [0.25, 0.3) is 23.3 Å². The number of nitrogens with zero attached hydrogens (tertiary/aromatic N) is 7. The van der Waals surface area contributed by atoms with Gasteiger partial charge in [-0.15, -0.1) is 0 Å². The van der Waals surface area contributed by atoms with Crippen molar-refractivity contribution in [3.8, 4) is 11.1 Å².